The zero-order valence-electron chi connectivity index (χ0n) is 14.5. The van der Waals surface area contributed by atoms with Crippen molar-refractivity contribution >= 4 is 17.7 Å². The van der Waals surface area contributed by atoms with Crippen LogP contribution in [0.3, 0.4) is 0 Å². The van der Waals surface area contributed by atoms with Gasteiger partial charge in [-0.3, -0.25) is 4.79 Å². The monoisotopic (exact) mass is 358 g/mol. The molecule has 0 saturated carbocycles. The SMILES string of the molecule is C[C@H]1[C@@H](C(=O)Nc2cc(F)c(F)c(F)c2)CCN1C(=O)OC(C)(C)C. The second-order valence-electron chi connectivity index (χ2n) is 7.05. The highest BCUT2D eigenvalue weighted by atomic mass is 19.2. The van der Waals surface area contributed by atoms with Crippen LogP contribution in [0.1, 0.15) is 34.1 Å². The number of carbonyl (C=O) groups is 2. The molecule has 2 rings (SSSR count). The molecule has 8 heteroatoms. The third-order valence-electron chi connectivity index (χ3n) is 3.97. The average molecular weight is 358 g/mol. The maximum Gasteiger partial charge on any atom is 0.410 e. The zero-order chi connectivity index (χ0) is 18.9. The Morgan fingerprint density at radius 1 is 1.20 bits per heavy atom. The van der Waals surface area contributed by atoms with Crippen LogP contribution in [0.25, 0.3) is 0 Å². The summed E-state index contributed by atoms with van der Waals surface area (Å²) in [5, 5.41) is 2.37. The number of hydrogen-bond donors (Lipinski definition) is 1. The molecule has 2 amide bonds. The van der Waals surface area contributed by atoms with E-state index < -0.39 is 47.0 Å². The van der Waals surface area contributed by atoms with E-state index in [0.29, 0.717) is 25.1 Å². The van der Waals surface area contributed by atoms with Gasteiger partial charge in [-0.25, -0.2) is 18.0 Å². The van der Waals surface area contributed by atoms with Gasteiger partial charge in [-0.1, -0.05) is 0 Å². The number of amides is 2. The molecule has 0 unspecified atom stereocenters. The van der Waals surface area contributed by atoms with Gasteiger partial charge in [-0.05, 0) is 34.1 Å². The average Bonchev–Trinajstić information content (AvgIpc) is 2.84. The third kappa shape index (κ3) is 4.43. The molecule has 0 radical (unpaired) electrons. The summed E-state index contributed by atoms with van der Waals surface area (Å²) in [5.41, 5.74) is -0.829. The summed E-state index contributed by atoms with van der Waals surface area (Å²) in [7, 11) is 0. The number of likely N-dealkylation sites (tertiary alicyclic amines) is 1. The summed E-state index contributed by atoms with van der Waals surface area (Å²) in [6.07, 6.45) is -0.132. The Bertz CT molecular complexity index is 665. The van der Waals surface area contributed by atoms with Crippen molar-refractivity contribution in [3.8, 4) is 0 Å². The molecule has 1 fully saturated rings. The van der Waals surface area contributed by atoms with Gasteiger partial charge in [0.25, 0.3) is 0 Å². The van der Waals surface area contributed by atoms with Crippen LogP contribution in [0.5, 0.6) is 0 Å². The predicted octanol–water partition coefficient (Wildman–Crippen LogP) is 3.69. The van der Waals surface area contributed by atoms with Crippen LogP contribution >= 0.6 is 0 Å². The van der Waals surface area contributed by atoms with Gasteiger partial charge < -0.3 is 15.0 Å². The van der Waals surface area contributed by atoms with Gasteiger partial charge in [0.15, 0.2) is 17.5 Å². The number of nitrogens with one attached hydrogen (secondary N) is 1. The normalized spacial score (nSPS) is 20.5. The van der Waals surface area contributed by atoms with Crippen molar-refractivity contribution in [2.24, 2.45) is 5.92 Å². The lowest BCUT2D eigenvalue weighted by molar-refractivity contribution is -0.120. The fraction of sp³-hybridized carbons (Fsp3) is 0.529. The van der Waals surface area contributed by atoms with Crippen molar-refractivity contribution in [1.29, 1.82) is 0 Å². The number of nitrogens with zero attached hydrogens (tertiary/aromatic N) is 1. The van der Waals surface area contributed by atoms with E-state index in [9.17, 15) is 22.8 Å². The van der Waals surface area contributed by atoms with Crippen LogP contribution in [-0.4, -0.2) is 35.1 Å². The number of benzene rings is 1. The van der Waals surface area contributed by atoms with Crippen molar-refractivity contribution in [2.75, 3.05) is 11.9 Å². The molecule has 0 bridgehead atoms. The Hall–Kier alpha value is -2.25. The lowest BCUT2D eigenvalue weighted by atomic mass is 10.0. The van der Waals surface area contributed by atoms with Crippen LogP contribution in [0, 0.1) is 23.4 Å². The second kappa shape index (κ2) is 6.93. The highest BCUT2D eigenvalue weighted by molar-refractivity contribution is 5.93. The molecular formula is C17H21F3N2O3. The van der Waals surface area contributed by atoms with Gasteiger partial charge in [0, 0.05) is 30.4 Å². The maximum absolute atomic E-state index is 13.2. The molecule has 25 heavy (non-hydrogen) atoms. The summed E-state index contributed by atoms with van der Waals surface area (Å²) < 4.78 is 44.7. The summed E-state index contributed by atoms with van der Waals surface area (Å²) in [4.78, 5) is 26.0. The van der Waals surface area contributed by atoms with Crippen molar-refractivity contribution in [3.63, 3.8) is 0 Å². The zero-order valence-corrected chi connectivity index (χ0v) is 14.5. The van der Waals surface area contributed by atoms with Crippen LogP contribution in [0.15, 0.2) is 12.1 Å². The first-order valence-corrected chi connectivity index (χ1v) is 7.94. The van der Waals surface area contributed by atoms with E-state index in [4.69, 9.17) is 4.74 Å². The summed E-state index contributed by atoms with van der Waals surface area (Å²) >= 11 is 0. The molecule has 1 aliphatic heterocycles. The minimum atomic E-state index is -1.59. The summed E-state index contributed by atoms with van der Waals surface area (Å²) in [6.45, 7) is 7.27. The summed E-state index contributed by atoms with van der Waals surface area (Å²) in [6, 6.07) is 0.980. The van der Waals surface area contributed by atoms with E-state index in [1.807, 2.05) is 0 Å². The first kappa shape index (κ1) is 19.1. The molecule has 5 nitrogen and oxygen atoms in total. The molecule has 1 heterocycles. The minimum absolute atomic E-state index is 0.177. The molecule has 0 spiro atoms. The first-order valence-electron chi connectivity index (χ1n) is 7.94. The minimum Gasteiger partial charge on any atom is -0.444 e. The Kier molecular flexibility index (Phi) is 5.29. The lowest BCUT2D eigenvalue weighted by Gasteiger charge is -2.28. The van der Waals surface area contributed by atoms with E-state index >= 15 is 0 Å². The summed E-state index contributed by atoms with van der Waals surface area (Å²) in [5.74, 6) is -5.42. The Balaban J connectivity index is 2.05. The van der Waals surface area contributed by atoms with Gasteiger partial charge in [-0.15, -0.1) is 0 Å². The molecular weight excluding hydrogens is 337 g/mol. The fourth-order valence-electron chi connectivity index (χ4n) is 2.73. The van der Waals surface area contributed by atoms with Gasteiger partial charge in [-0.2, -0.15) is 0 Å². The maximum atomic E-state index is 13.2. The van der Waals surface area contributed by atoms with E-state index in [1.165, 1.54) is 4.90 Å². The van der Waals surface area contributed by atoms with E-state index in [2.05, 4.69) is 5.32 Å². The standard InChI is InChI=1S/C17H21F3N2O3/c1-9-11(5-6-22(9)16(24)25-17(2,3)4)15(23)21-10-7-12(18)14(20)13(19)8-10/h7-9,11H,5-6H2,1-4H3,(H,21,23)/t9-,11-/m0/s1. The molecule has 1 aromatic rings. The largest absolute Gasteiger partial charge is 0.444 e. The van der Waals surface area contributed by atoms with E-state index in [1.54, 1.807) is 27.7 Å². The molecule has 1 aromatic carbocycles. The third-order valence-corrected chi connectivity index (χ3v) is 3.97. The molecule has 0 aromatic heterocycles. The molecule has 1 aliphatic rings. The molecule has 1 N–H and O–H groups in total. The number of halogens is 3. The fourth-order valence-corrected chi connectivity index (χ4v) is 2.73. The number of anilines is 1. The van der Waals surface area contributed by atoms with Crippen LogP contribution in [-0.2, 0) is 9.53 Å². The second-order valence-corrected chi connectivity index (χ2v) is 7.05. The Labute approximate surface area is 144 Å². The van der Waals surface area contributed by atoms with Gasteiger partial charge in [0.1, 0.15) is 5.60 Å². The molecule has 2 atom stereocenters. The smallest absolute Gasteiger partial charge is 0.410 e. The van der Waals surface area contributed by atoms with E-state index in [0.717, 1.165) is 0 Å². The van der Waals surface area contributed by atoms with Crippen LogP contribution in [0.4, 0.5) is 23.7 Å². The number of carbonyl (C=O) groups excluding carboxylic acids is 2. The van der Waals surface area contributed by atoms with Gasteiger partial charge >= 0.3 is 6.09 Å². The first-order chi connectivity index (χ1) is 11.5. The van der Waals surface area contributed by atoms with Crippen LogP contribution in [0.2, 0.25) is 0 Å². The highest BCUT2D eigenvalue weighted by Gasteiger charge is 2.40. The predicted molar refractivity (Wildman–Crippen MR) is 85.5 cm³/mol. The molecule has 138 valence electrons. The van der Waals surface area contributed by atoms with Crippen molar-refractivity contribution in [3.05, 3.63) is 29.6 Å². The Morgan fingerprint density at radius 3 is 2.28 bits per heavy atom. The topological polar surface area (TPSA) is 58.6 Å². The molecule has 1 saturated heterocycles. The highest BCUT2D eigenvalue weighted by Crippen LogP contribution is 2.28. The number of ether oxygens (including phenoxy) is 1. The molecule has 0 aliphatic carbocycles. The van der Waals surface area contributed by atoms with E-state index in [-0.39, 0.29) is 5.69 Å². The van der Waals surface area contributed by atoms with Crippen molar-refractivity contribution in [2.45, 2.75) is 45.8 Å². The number of hydrogen-bond acceptors (Lipinski definition) is 3. The lowest BCUT2D eigenvalue weighted by Crippen LogP contribution is -2.41. The van der Waals surface area contributed by atoms with Crippen molar-refractivity contribution < 1.29 is 27.5 Å². The van der Waals surface area contributed by atoms with Gasteiger partial charge in [0.05, 0.1) is 5.92 Å². The Morgan fingerprint density at radius 2 is 1.76 bits per heavy atom. The van der Waals surface area contributed by atoms with Gasteiger partial charge in [0.2, 0.25) is 5.91 Å². The number of rotatable bonds is 2. The van der Waals surface area contributed by atoms with Crippen molar-refractivity contribution in [1.82, 2.24) is 4.90 Å². The van der Waals surface area contributed by atoms with Crippen LogP contribution < -0.4 is 5.32 Å². The quantitative estimate of drug-likeness (QED) is 0.821.